The van der Waals surface area contributed by atoms with Crippen LogP contribution in [0.2, 0.25) is 0 Å². The number of benzene rings is 1. The average molecular weight is 316 g/mol. The van der Waals surface area contributed by atoms with Gasteiger partial charge in [0.1, 0.15) is 6.54 Å². The van der Waals surface area contributed by atoms with Crippen molar-refractivity contribution in [3.63, 3.8) is 0 Å². The first-order valence-electron chi connectivity index (χ1n) is 7.29. The van der Waals surface area contributed by atoms with Crippen molar-refractivity contribution in [3.8, 4) is 0 Å². The Morgan fingerprint density at radius 1 is 1.17 bits per heavy atom. The molecular formula is C16H20N4O3. The summed E-state index contributed by atoms with van der Waals surface area (Å²) >= 11 is 0. The topological polar surface area (TPSA) is 93.1 Å². The molecule has 122 valence electrons. The second kappa shape index (κ2) is 6.60. The summed E-state index contributed by atoms with van der Waals surface area (Å²) in [5.74, 6) is -0.612. The van der Waals surface area contributed by atoms with Crippen LogP contribution in [0.25, 0.3) is 10.9 Å². The highest BCUT2D eigenvalue weighted by molar-refractivity contribution is 5.86. The van der Waals surface area contributed by atoms with E-state index in [1.54, 1.807) is 24.3 Å². The van der Waals surface area contributed by atoms with Crippen LogP contribution < -0.4 is 16.1 Å². The van der Waals surface area contributed by atoms with Crippen LogP contribution in [0.1, 0.15) is 20.8 Å². The van der Waals surface area contributed by atoms with Gasteiger partial charge in [-0.3, -0.25) is 19.1 Å². The predicted molar refractivity (Wildman–Crippen MR) is 86.9 cm³/mol. The average Bonchev–Trinajstić information content (AvgIpc) is 2.47. The van der Waals surface area contributed by atoms with Gasteiger partial charge in [-0.2, -0.15) is 5.10 Å². The molecule has 0 saturated carbocycles. The molecule has 0 aliphatic carbocycles. The fourth-order valence-electron chi connectivity index (χ4n) is 2.12. The zero-order valence-corrected chi connectivity index (χ0v) is 13.4. The minimum atomic E-state index is -0.352. The Balaban J connectivity index is 2.03. The van der Waals surface area contributed by atoms with Crippen molar-refractivity contribution in [1.82, 2.24) is 20.4 Å². The zero-order chi connectivity index (χ0) is 17.0. The van der Waals surface area contributed by atoms with Gasteiger partial charge in [-0.25, -0.2) is 0 Å². The van der Waals surface area contributed by atoms with Gasteiger partial charge in [-0.05, 0) is 32.9 Å². The Morgan fingerprint density at radius 3 is 2.57 bits per heavy atom. The highest BCUT2D eigenvalue weighted by Crippen LogP contribution is 2.07. The number of fused-ring (bicyclic) bond motifs is 1. The summed E-state index contributed by atoms with van der Waals surface area (Å²) in [4.78, 5) is 35.4. The van der Waals surface area contributed by atoms with E-state index < -0.39 is 0 Å². The van der Waals surface area contributed by atoms with Crippen LogP contribution in [-0.4, -0.2) is 33.7 Å². The second-order valence-electron chi connectivity index (χ2n) is 6.26. The fraction of sp³-hybridized carbons (Fsp3) is 0.375. The molecule has 7 nitrogen and oxygen atoms in total. The highest BCUT2D eigenvalue weighted by atomic mass is 16.2. The van der Waals surface area contributed by atoms with Crippen LogP contribution >= 0.6 is 0 Å². The lowest BCUT2D eigenvalue weighted by molar-refractivity contribution is -0.127. The summed E-state index contributed by atoms with van der Waals surface area (Å²) in [5.41, 5.74) is 0.0364. The largest absolute Gasteiger partial charge is 0.350 e. The van der Waals surface area contributed by atoms with Crippen molar-refractivity contribution >= 4 is 22.7 Å². The number of rotatable bonds is 4. The summed E-state index contributed by atoms with van der Waals surface area (Å²) in [6.07, 6.45) is 1.18. The maximum Gasteiger partial charge on any atom is 0.242 e. The minimum absolute atomic E-state index is 0.0659. The van der Waals surface area contributed by atoms with E-state index in [-0.39, 0.29) is 35.9 Å². The minimum Gasteiger partial charge on any atom is -0.350 e. The molecule has 0 aliphatic heterocycles. The monoisotopic (exact) mass is 316 g/mol. The molecule has 0 fully saturated rings. The molecule has 7 heteroatoms. The van der Waals surface area contributed by atoms with Crippen LogP contribution in [0.15, 0.2) is 35.3 Å². The van der Waals surface area contributed by atoms with Crippen LogP contribution in [0.5, 0.6) is 0 Å². The highest BCUT2D eigenvalue weighted by Gasteiger charge is 2.14. The molecule has 0 aliphatic rings. The van der Waals surface area contributed by atoms with Crippen molar-refractivity contribution in [2.45, 2.75) is 32.9 Å². The van der Waals surface area contributed by atoms with Gasteiger partial charge in [0, 0.05) is 10.9 Å². The van der Waals surface area contributed by atoms with E-state index >= 15 is 0 Å². The van der Waals surface area contributed by atoms with Crippen LogP contribution in [-0.2, 0) is 16.1 Å². The lowest BCUT2D eigenvalue weighted by Crippen LogP contribution is -2.46. The van der Waals surface area contributed by atoms with E-state index in [4.69, 9.17) is 0 Å². The van der Waals surface area contributed by atoms with E-state index in [1.165, 1.54) is 10.9 Å². The molecule has 0 atom stereocenters. The van der Waals surface area contributed by atoms with Crippen LogP contribution in [0, 0.1) is 0 Å². The summed E-state index contributed by atoms with van der Waals surface area (Å²) in [7, 11) is 0. The van der Waals surface area contributed by atoms with E-state index in [0.717, 1.165) is 0 Å². The maximum absolute atomic E-state index is 12.0. The Labute approximate surface area is 133 Å². The molecule has 0 spiro atoms. The van der Waals surface area contributed by atoms with E-state index in [2.05, 4.69) is 15.7 Å². The molecule has 2 amide bonds. The van der Waals surface area contributed by atoms with Crippen molar-refractivity contribution in [2.75, 3.05) is 6.54 Å². The number of carbonyl (C=O) groups excluding carboxylic acids is 2. The van der Waals surface area contributed by atoms with Crippen molar-refractivity contribution in [1.29, 1.82) is 0 Å². The quantitative estimate of drug-likeness (QED) is 0.855. The van der Waals surface area contributed by atoms with Gasteiger partial charge < -0.3 is 10.6 Å². The number of aromatic nitrogens is 2. The van der Waals surface area contributed by atoms with E-state index in [0.29, 0.717) is 10.9 Å². The predicted octanol–water partition coefficient (Wildman–Crippen LogP) is 0.427. The summed E-state index contributed by atoms with van der Waals surface area (Å²) in [6.45, 7) is 5.42. The Bertz CT molecular complexity index is 790. The molecule has 0 saturated heterocycles. The number of amides is 2. The molecule has 0 unspecified atom stereocenters. The number of para-hydroxylation sites is 1. The third kappa shape index (κ3) is 4.64. The van der Waals surface area contributed by atoms with Gasteiger partial charge in [0.25, 0.3) is 0 Å². The lowest BCUT2D eigenvalue weighted by Gasteiger charge is -2.20. The van der Waals surface area contributed by atoms with Gasteiger partial charge in [0.2, 0.25) is 17.2 Å². The molecule has 23 heavy (non-hydrogen) atoms. The first-order chi connectivity index (χ1) is 10.8. The lowest BCUT2D eigenvalue weighted by atomic mass is 10.1. The van der Waals surface area contributed by atoms with Gasteiger partial charge >= 0.3 is 0 Å². The SMILES string of the molecule is CC(C)(C)NC(=O)CNC(=O)Cn1ncc(=O)c2ccccc21. The third-order valence-electron chi connectivity index (χ3n) is 3.02. The molecule has 2 aromatic rings. The molecule has 1 heterocycles. The molecular weight excluding hydrogens is 296 g/mol. The molecule has 1 aromatic heterocycles. The Hall–Kier alpha value is -2.70. The Morgan fingerprint density at radius 2 is 1.87 bits per heavy atom. The number of nitrogens with zero attached hydrogens (tertiary/aromatic N) is 2. The maximum atomic E-state index is 12.0. The van der Waals surface area contributed by atoms with Crippen LogP contribution in [0.3, 0.4) is 0 Å². The van der Waals surface area contributed by atoms with Gasteiger partial charge in [0.05, 0.1) is 18.3 Å². The number of carbonyl (C=O) groups is 2. The molecule has 1 aromatic carbocycles. The third-order valence-corrected chi connectivity index (χ3v) is 3.02. The second-order valence-corrected chi connectivity index (χ2v) is 6.26. The standard InChI is InChI=1S/C16H20N4O3/c1-16(2,3)19-14(22)9-17-15(23)10-20-12-7-5-4-6-11(12)13(21)8-18-20/h4-8H,9-10H2,1-3H3,(H,17,23)(H,19,22). The van der Waals surface area contributed by atoms with Crippen LogP contribution in [0.4, 0.5) is 0 Å². The molecule has 2 rings (SSSR count). The van der Waals surface area contributed by atoms with Gasteiger partial charge in [-0.1, -0.05) is 12.1 Å². The first-order valence-corrected chi connectivity index (χ1v) is 7.29. The molecule has 0 bridgehead atoms. The van der Waals surface area contributed by atoms with E-state index in [1.807, 2.05) is 20.8 Å². The number of hydrogen-bond acceptors (Lipinski definition) is 4. The van der Waals surface area contributed by atoms with Gasteiger partial charge in [-0.15, -0.1) is 0 Å². The fourth-order valence-corrected chi connectivity index (χ4v) is 2.12. The normalized spacial score (nSPS) is 11.3. The number of hydrogen-bond donors (Lipinski definition) is 2. The summed E-state index contributed by atoms with van der Waals surface area (Å²) < 4.78 is 1.44. The van der Waals surface area contributed by atoms with Crippen molar-refractivity contribution < 1.29 is 9.59 Å². The summed E-state index contributed by atoms with van der Waals surface area (Å²) in [6, 6.07) is 6.94. The Kier molecular flexibility index (Phi) is 4.78. The molecule has 2 N–H and O–H groups in total. The van der Waals surface area contributed by atoms with Crippen molar-refractivity contribution in [3.05, 3.63) is 40.7 Å². The summed E-state index contributed by atoms with van der Waals surface area (Å²) in [5, 5.41) is 9.78. The van der Waals surface area contributed by atoms with E-state index in [9.17, 15) is 14.4 Å². The number of nitrogens with one attached hydrogen (secondary N) is 2. The molecule has 0 radical (unpaired) electrons. The zero-order valence-electron chi connectivity index (χ0n) is 13.4. The van der Waals surface area contributed by atoms with Crippen molar-refractivity contribution in [2.24, 2.45) is 0 Å². The first kappa shape index (κ1) is 16.7. The smallest absolute Gasteiger partial charge is 0.242 e. The van der Waals surface area contributed by atoms with Gasteiger partial charge in [0.15, 0.2) is 0 Å².